The highest BCUT2D eigenvalue weighted by atomic mass is 32.1. The summed E-state index contributed by atoms with van der Waals surface area (Å²) in [5.41, 5.74) is 5.02. The van der Waals surface area contributed by atoms with Crippen LogP contribution in [0, 0.1) is 0 Å². The van der Waals surface area contributed by atoms with Crippen molar-refractivity contribution in [2.45, 2.75) is 39.0 Å². The largest absolute Gasteiger partial charge is 0.370 e. The average molecular weight is 242 g/mol. The number of hydrogen-bond acceptors (Lipinski definition) is 5. The van der Waals surface area contributed by atoms with E-state index in [1.165, 1.54) is 11.5 Å². The summed E-state index contributed by atoms with van der Waals surface area (Å²) in [6.45, 7) is 6.92. The molecule has 0 atom stereocenters. The Labute approximate surface area is 99.6 Å². The molecule has 0 radical (unpaired) electrons. The maximum atomic E-state index is 10.5. The summed E-state index contributed by atoms with van der Waals surface area (Å²) in [6, 6.07) is 0. The number of nitrogens with two attached hydrogens (primary N) is 1. The second-order valence-electron chi connectivity index (χ2n) is 4.67. The van der Waals surface area contributed by atoms with Crippen molar-refractivity contribution in [2.24, 2.45) is 5.73 Å². The van der Waals surface area contributed by atoms with Crippen LogP contribution < -0.4 is 11.1 Å². The maximum Gasteiger partial charge on any atom is 0.217 e. The summed E-state index contributed by atoms with van der Waals surface area (Å²) in [7, 11) is 0. The van der Waals surface area contributed by atoms with E-state index in [1.807, 2.05) is 0 Å². The van der Waals surface area contributed by atoms with Gasteiger partial charge in [0.05, 0.1) is 0 Å². The first-order valence-electron chi connectivity index (χ1n) is 5.26. The summed E-state index contributed by atoms with van der Waals surface area (Å²) in [5, 5.41) is 3.93. The molecule has 16 heavy (non-hydrogen) atoms. The van der Waals surface area contributed by atoms with Crippen LogP contribution in [0.4, 0.5) is 5.13 Å². The standard InChI is InChI=1S/C10H18N4OS/c1-10(2,3)8-13-9(16-14-8)12-6-4-5-7(11)15/h4-6H2,1-3H3,(H2,11,15)(H,12,13,14). The van der Waals surface area contributed by atoms with E-state index in [1.54, 1.807) is 0 Å². The first-order chi connectivity index (χ1) is 7.39. The number of amides is 1. The smallest absolute Gasteiger partial charge is 0.217 e. The molecule has 90 valence electrons. The van der Waals surface area contributed by atoms with Crippen LogP contribution in [0.2, 0.25) is 0 Å². The number of carbonyl (C=O) groups is 1. The van der Waals surface area contributed by atoms with Gasteiger partial charge in [0.2, 0.25) is 11.0 Å². The van der Waals surface area contributed by atoms with E-state index in [9.17, 15) is 4.79 Å². The average Bonchev–Trinajstić information content (AvgIpc) is 2.59. The fraction of sp³-hybridized carbons (Fsp3) is 0.700. The number of hydrogen-bond donors (Lipinski definition) is 2. The Morgan fingerprint density at radius 2 is 2.19 bits per heavy atom. The lowest BCUT2D eigenvalue weighted by molar-refractivity contribution is -0.118. The Balaban J connectivity index is 2.38. The zero-order valence-corrected chi connectivity index (χ0v) is 10.7. The van der Waals surface area contributed by atoms with Crippen LogP contribution in [0.5, 0.6) is 0 Å². The van der Waals surface area contributed by atoms with Gasteiger partial charge in [-0.25, -0.2) is 4.98 Å². The lowest BCUT2D eigenvalue weighted by Gasteiger charge is -2.12. The zero-order valence-electron chi connectivity index (χ0n) is 9.91. The van der Waals surface area contributed by atoms with Crippen molar-refractivity contribution >= 4 is 22.6 Å². The molecule has 1 aromatic heterocycles. The molecule has 0 unspecified atom stereocenters. The third kappa shape index (κ3) is 4.14. The summed E-state index contributed by atoms with van der Waals surface area (Å²) in [5.74, 6) is 0.573. The maximum absolute atomic E-state index is 10.5. The zero-order chi connectivity index (χ0) is 12.2. The lowest BCUT2D eigenvalue weighted by atomic mass is 9.96. The van der Waals surface area contributed by atoms with E-state index in [0.717, 1.165) is 17.4 Å². The van der Waals surface area contributed by atoms with Crippen molar-refractivity contribution in [2.75, 3.05) is 11.9 Å². The van der Waals surface area contributed by atoms with Gasteiger partial charge in [-0.2, -0.15) is 4.37 Å². The topological polar surface area (TPSA) is 80.9 Å². The Morgan fingerprint density at radius 1 is 1.50 bits per heavy atom. The van der Waals surface area contributed by atoms with E-state index in [2.05, 4.69) is 35.4 Å². The van der Waals surface area contributed by atoms with Gasteiger partial charge in [-0.3, -0.25) is 4.79 Å². The van der Waals surface area contributed by atoms with Crippen LogP contribution in [-0.4, -0.2) is 21.8 Å². The molecule has 5 nitrogen and oxygen atoms in total. The molecule has 0 aromatic carbocycles. The number of nitrogens with zero attached hydrogens (tertiary/aromatic N) is 2. The predicted octanol–water partition coefficient (Wildman–Crippen LogP) is 1.51. The molecular formula is C10H18N4OS. The number of aromatic nitrogens is 2. The highest BCUT2D eigenvalue weighted by Gasteiger charge is 2.19. The molecule has 0 saturated carbocycles. The predicted molar refractivity (Wildman–Crippen MR) is 65.5 cm³/mol. The van der Waals surface area contributed by atoms with Crippen molar-refractivity contribution in [1.82, 2.24) is 9.36 Å². The number of nitrogens with one attached hydrogen (secondary N) is 1. The molecule has 6 heteroatoms. The molecule has 0 aliphatic heterocycles. The van der Waals surface area contributed by atoms with Gasteiger partial charge in [-0.05, 0) is 6.42 Å². The van der Waals surface area contributed by atoms with Crippen molar-refractivity contribution in [3.05, 3.63) is 5.82 Å². The Kier molecular flexibility index (Phi) is 4.23. The summed E-state index contributed by atoms with van der Waals surface area (Å²) in [4.78, 5) is 14.9. The van der Waals surface area contributed by atoms with Crippen molar-refractivity contribution in [3.8, 4) is 0 Å². The second kappa shape index (κ2) is 5.25. The van der Waals surface area contributed by atoms with Crippen LogP contribution >= 0.6 is 11.5 Å². The van der Waals surface area contributed by atoms with Crippen molar-refractivity contribution < 1.29 is 4.79 Å². The van der Waals surface area contributed by atoms with Crippen LogP contribution in [0.25, 0.3) is 0 Å². The van der Waals surface area contributed by atoms with E-state index < -0.39 is 0 Å². The van der Waals surface area contributed by atoms with Crippen molar-refractivity contribution in [1.29, 1.82) is 0 Å². The van der Waals surface area contributed by atoms with Gasteiger partial charge in [-0.1, -0.05) is 20.8 Å². The fourth-order valence-corrected chi connectivity index (χ4v) is 1.84. The fourth-order valence-electron chi connectivity index (χ4n) is 1.06. The number of primary amides is 1. The second-order valence-corrected chi connectivity index (χ2v) is 5.42. The van der Waals surface area contributed by atoms with Gasteiger partial charge in [-0.15, -0.1) is 0 Å². The van der Waals surface area contributed by atoms with Gasteiger partial charge in [0.1, 0.15) is 5.82 Å². The molecule has 3 N–H and O–H groups in total. The van der Waals surface area contributed by atoms with E-state index in [-0.39, 0.29) is 11.3 Å². The Hall–Kier alpha value is -1.17. The van der Waals surface area contributed by atoms with Crippen LogP contribution in [0.3, 0.4) is 0 Å². The lowest BCUT2D eigenvalue weighted by Crippen LogP contribution is -2.14. The van der Waals surface area contributed by atoms with Crippen LogP contribution in [0.15, 0.2) is 0 Å². The molecule has 0 aliphatic carbocycles. The number of rotatable bonds is 5. The third-order valence-corrected chi connectivity index (χ3v) is 2.65. The molecule has 1 aromatic rings. The molecule has 0 spiro atoms. The quantitative estimate of drug-likeness (QED) is 0.767. The number of carbonyl (C=O) groups excluding carboxylic acids is 1. The van der Waals surface area contributed by atoms with Crippen molar-refractivity contribution in [3.63, 3.8) is 0 Å². The summed E-state index contributed by atoms with van der Waals surface area (Å²) in [6.07, 6.45) is 1.12. The minimum atomic E-state index is -0.269. The number of anilines is 1. The Bertz CT molecular complexity index is 356. The molecule has 1 heterocycles. The molecule has 0 bridgehead atoms. The SMILES string of the molecule is CC(C)(C)c1nsc(NCCCC(N)=O)n1. The first kappa shape index (κ1) is 12.9. The molecule has 0 saturated heterocycles. The molecular weight excluding hydrogens is 224 g/mol. The Morgan fingerprint density at radius 3 is 2.69 bits per heavy atom. The van der Waals surface area contributed by atoms with Gasteiger partial charge >= 0.3 is 0 Å². The molecule has 1 rings (SSSR count). The highest BCUT2D eigenvalue weighted by molar-refractivity contribution is 7.09. The molecule has 0 aliphatic rings. The normalized spacial score (nSPS) is 11.4. The third-order valence-electron chi connectivity index (χ3n) is 1.97. The van der Waals surface area contributed by atoms with E-state index in [4.69, 9.17) is 5.73 Å². The summed E-state index contributed by atoms with van der Waals surface area (Å²) >= 11 is 1.35. The van der Waals surface area contributed by atoms with Gasteiger partial charge in [0.15, 0.2) is 0 Å². The van der Waals surface area contributed by atoms with E-state index in [0.29, 0.717) is 13.0 Å². The monoisotopic (exact) mass is 242 g/mol. The minimum absolute atomic E-state index is 0.0242. The summed E-state index contributed by atoms with van der Waals surface area (Å²) < 4.78 is 4.28. The highest BCUT2D eigenvalue weighted by Crippen LogP contribution is 2.22. The minimum Gasteiger partial charge on any atom is -0.370 e. The van der Waals surface area contributed by atoms with Gasteiger partial charge in [0.25, 0.3) is 0 Å². The molecule has 0 fully saturated rings. The van der Waals surface area contributed by atoms with E-state index >= 15 is 0 Å². The first-order valence-corrected chi connectivity index (χ1v) is 6.03. The van der Waals surface area contributed by atoms with Gasteiger partial charge in [0, 0.05) is 29.9 Å². The van der Waals surface area contributed by atoms with Crippen LogP contribution in [0.1, 0.15) is 39.4 Å². The van der Waals surface area contributed by atoms with Crippen LogP contribution in [-0.2, 0) is 10.2 Å². The molecule has 1 amide bonds. The van der Waals surface area contributed by atoms with Gasteiger partial charge < -0.3 is 11.1 Å².